The monoisotopic (exact) mass is 372 g/mol. The first-order valence-electron chi connectivity index (χ1n) is 7.85. The third kappa shape index (κ3) is 4.37. The van der Waals surface area contributed by atoms with E-state index in [1.165, 1.54) is 23.5 Å². The highest BCUT2D eigenvalue weighted by atomic mass is 32.1. The van der Waals surface area contributed by atoms with Crippen molar-refractivity contribution in [1.29, 1.82) is 0 Å². The molecule has 3 aromatic rings. The molecule has 1 aromatic heterocycles. The smallest absolute Gasteiger partial charge is 0.264 e. The van der Waals surface area contributed by atoms with Gasteiger partial charge in [-0.15, -0.1) is 11.3 Å². The standard InChI is InChI=1S/C19H17FN2O3S/c1-12-18(13-3-5-14(20)6-4-13)22-19(26-12)21-17(23)11-25-16-9-7-15(24-2)8-10-16/h3-10H,11H2,1-2H3,(H,21,22,23). The lowest BCUT2D eigenvalue weighted by atomic mass is 10.1. The molecule has 3 rings (SSSR count). The van der Waals surface area contributed by atoms with Crippen LogP contribution in [0.2, 0.25) is 0 Å². The molecule has 0 unspecified atom stereocenters. The van der Waals surface area contributed by atoms with Crippen LogP contribution in [0, 0.1) is 12.7 Å². The number of benzene rings is 2. The van der Waals surface area contributed by atoms with Crippen molar-refractivity contribution in [3.05, 3.63) is 59.2 Å². The molecule has 0 bridgehead atoms. The van der Waals surface area contributed by atoms with Crippen LogP contribution in [0.3, 0.4) is 0 Å². The first-order valence-corrected chi connectivity index (χ1v) is 8.67. The molecule has 0 aliphatic carbocycles. The number of hydrogen-bond acceptors (Lipinski definition) is 5. The Morgan fingerprint density at radius 1 is 1.12 bits per heavy atom. The van der Waals surface area contributed by atoms with E-state index in [1.807, 2.05) is 6.92 Å². The van der Waals surface area contributed by atoms with Gasteiger partial charge in [-0.05, 0) is 55.5 Å². The number of ether oxygens (including phenoxy) is 2. The summed E-state index contributed by atoms with van der Waals surface area (Å²) in [7, 11) is 1.58. The van der Waals surface area contributed by atoms with Gasteiger partial charge in [0.25, 0.3) is 5.91 Å². The topological polar surface area (TPSA) is 60.5 Å². The number of aryl methyl sites for hydroxylation is 1. The Balaban J connectivity index is 1.60. The Kier molecular flexibility index (Phi) is 5.48. The minimum absolute atomic E-state index is 0.128. The summed E-state index contributed by atoms with van der Waals surface area (Å²) in [5.41, 5.74) is 1.52. The number of anilines is 1. The van der Waals surface area contributed by atoms with Gasteiger partial charge >= 0.3 is 0 Å². The van der Waals surface area contributed by atoms with Gasteiger partial charge in [0.05, 0.1) is 12.8 Å². The van der Waals surface area contributed by atoms with Crippen molar-refractivity contribution in [3.63, 3.8) is 0 Å². The van der Waals surface area contributed by atoms with Crippen LogP contribution in [0.5, 0.6) is 11.5 Å². The van der Waals surface area contributed by atoms with Crippen LogP contribution in [-0.4, -0.2) is 24.6 Å². The fraction of sp³-hybridized carbons (Fsp3) is 0.158. The van der Waals surface area contributed by atoms with Crippen molar-refractivity contribution in [1.82, 2.24) is 4.98 Å². The quantitative estimate of drug-likeness (QED) is 0.701. The molecular formula is C19H17FN2O3S. The van der Waals surface area contributed by atoms with Crippen molar-refractivity contribution >= 4 is 22.4 Å². The number of hydrogen-bond donors (Lipinski definition) is 1. The fourth-order valence-corrected chi connectivity index (χ4v) is 3.15. The highest BCUT2D eigenvalue weighted by Crippen LogP contribution is 2.30. The molecule has 2 aromatic carbocycles. The van der Waals surface area contributed by atoms with Crippen molar-refractivity contribution in [2.45, 2.75) is 6.92 Å². The second-order valence-corrected chi connectivity index (χ2v) is 6.65. The lowest BCUT2D eigenvalue weighted by Gasteiger charge is -2.06. The SMILES string of the molecule is COc1ccc(OCC(=O)Nc2nc(-c3ccc(F)cc3)c(C)s2)cc1. The third-order valence-electron chi connectivity index (χ3n) is 3.59. The predicted molar refractivity (Wildman–Crippen MR) is 99.4 cm³/mol. The summed E-state index contributed by atoms with van der Waals surface area (Å²) in [6, 6.07) is 13.1. The average Bonchev–Trinajstić information content (AvgIpc) is 3.01. The van der Waals surface area contributed by atoms with Gasteiger partial charge in [0.15, 0.2) is 11.7 Å². The van der Waals surface area contributed by atoms with E-state index in [0.717, 1.165) is 16.1 Å². The first kappa shape index (κ1) is 17.9. The highest BCUT2D eigenvalue weighted by Gasteiger charge is 2.12. The molecule has 0 saturated carbocycles. The second kappa shape index (κ2) is 7.97. The van der Waals surface area contributed by atoms with Crippen LogP contribution in [0.25, 0.3) is 11.3 Å². The molecule has 1 heterocycles. The molecule has 134 valence electrons. The molecule has 0 aliphatic rings. The maximum absolute atomic E-state index is 13.1. The molecule has 0 aliphatic heterocycles. The second-order valence-electron chi connectivity index (χ2n) is 5.44. The van der Waals surface area contributed by atoms with Gasteiger partial charge in [-0.1, -0.05) is 0 Å². The zero-order valence-corrected chi connectivity index (χ0v) is 15.1. The summed E-state index contributed by atoms with van der Waals surface area (Å²) in [4.78, 5) is 17.4. The summed E-state index contributed by atoms with van der Waals surface area (Å²) in [6.45, 7) is 1.77. The Bertz CT molecular complexity index is 892. The Labute approximate surface area is 154 Å². The minimum Gasteiger partial charge on any atom is -0.497 e. The summed E-state index contributed by atoms with van der Waals surface area (Å²) in [5.74, 6) is 0.683. The van der Waals surface area contributed by atoms with E-state index in [1.54, 1.807) is 43.5 Å². The molecule has 0 radical (unpaired) electrons. The predicted octanol–water partition coefficient (Wildman–Crippen LogP) is 4.28. The summed E-state index contributed by atoms with van der Waals surface area (Å²) in [5, 5.41) is 3.20. The van der Waals surface area contributed by atoms with Crippen LogP contribution in [0.4, 0.5) is 9.52 Å². The first-order chi connectivity index (χ1) is 12.5. The zero-order chi connectivity index (χ0) is 18.5. The highest BCUT2D eigenvalue weighted by molar-refractivity contribution is 7.16. The van der Waals surface area contributed by atoms with Crippen molar-refractivity contribution in [3.8, 4) is 22.8 Å². The molecule has 0 fully saturated rings. The number of thiazole rings is 1. The third-order valence-corrected chi connectivity index (χ3v) is 4.48. The normalized spacial score (nSPS) is 10.4. The lowest BCUT2D eigenvalue weighted by Crippen LogP contribution is -2.20. The molecule has 5 nitrogen and oxygen atoms in total. The molecular weight excluding hydrogens is 355 g/mol. The number of aromatic nitrogens is 1. The minimum atomic E-state index is -0.305. The van der Waals surface area contributed by atoms with Crippen LogP contribution >= 0.6 is 11.3 Å². The molecule has 1 N–H and O–H groups in total. The number of rotatable bonds is 6. The van der Waals surface area contributed by atoms with E-state index in [2.05, 4.69) is 10.3 Å². The summed E-state index contributed by atoms with van der Waals surface area (Å²) < 4.78 is 23.6. The van der Waals surface area contributed by atoms with E-state index >= 15 is 0 Å². The van der Waals surface area contributed by atoms with Crippen LogP contribution in [0.1, 0.15) is 4.88 Å². The zero-order valence-electron chi connectivity index (χ0n) is 14.3. The van der Waals surface area contributed by atoms with Gasteiger partial charge in [-0.3, -0.25) is 10.1 Å². The maximum Gasteiger partial charge on any atom is 0.264 e. The van der Waals surface area contributed by atoms with Gasteiger partial charge in [0.1, 0.15) is 17.3 Å². The molecule has 1 amide bonds. The lowest BCUT2D eigenvalue weighted by molar-refractivity contribution is -0.118. The number of nitrogens with zero attached hydrogens (tertiary/aromatic N) is 1. The summed E-state index contributed by atoms with van der Waals surface area (Å²) in [6.07, 6.45) is 0. The Hall–Kier alpha value is -2.93. The van der Waals surface area contributed by atoms with Crippen molar-refractivity contribution in [2.24, 2.45) is 0 Å². The molecule has 0 spiro atoms. The van der Waals surface area contributed by atoms with E-state index in [-0.39, 0.29) is 18.3 Å². The van der Waals surface area contributed by atoms with E-state index in [0.29, 0.717) is 16.6 Å². The fourth-order valence-electron chi connectivity index (χ4n) is 2.30. The van der Waals surface area contributed by atoms with E-state index < -0.39 is 0 Å². The van der Waals surface area contributed by atoms with Crippen molar-refractivity contribution < 1.29 is 18.7 Å². The summed E-state index contributed by atoms with van der Waals surface area (Å²) >= 11 is 1.36. The Morgan fingerprint density at radius 2 is 1.77 bits per heavy atom. The number of carbonyl (C=O) groups is 1. The van der Waals surface area contributed by atoms with E-state index in [9.17, 15) is 9.18 Å². The van der Waals surface area contributed by atoms with Gasteiger partial charge in [-0.25, -0.2) is 9.37 Å². The van der Waals surface area contributed by atoms with Gasteiger partial charge in [0.2, 0.25) is 0 Å². The van der Waals surface area contributed by atoms with Gasteiger partial charge < -0.3 is 9.47 Å². The average molecular weight is 372 g/mol. The molecule has 7 heteroatoms. The van der Waals surface area contributed by atoms with Crippen molar-refractivity contribution in [2.75, 3.05) is 19.0 Å². The van der Waals surface area contributed by atoms with Gasteiger partial charge in [0, 0.05) is 10.4 Å². The van der Waals surface area contributed by atoms with Crippen LogP contribution < -0.4 is 14.8 Å². The maximum atomic E-state index is 13.1. The van der Waals surface area contributed by atoms with E-state index in [4.69, 9.17) is 9.47 Å². The van der Waals surface area contributed by atoms with Gasteiger partial charge in [-0.2, -0.15) is 0 Å². The van der Waals surface area contributed by atoms with Crippen LogP contribution in [0.15, 0.2) is 48.5 Å². The Morgan fingerprint density at radius 3 is 2.42 bits per heavy atom. The number of carbonyl (C=O) groups excluding carboxylic acids is 1. The number of amides is 1. The molecule has 0 saturated heterocycles. The molecule has 0 atom stereocenters. The largest absolute Gasteiger partial charge is 0.497 e. The van der Waals surface area contributed by atoms with Crippen LogP contribution in [-0.2, 0) is 4.79 Å². The molecule has 26 heavy (non-hydrogen) atoms. The number of halogens is 1. The number of methoxy groups -OCH3 is 1. The number of nitrogens with one attached hydrogen (secondary N) is 1.